The van der Waals surface area contributed by atoms with E-state index in [9.17, 15) is 0 Å². The van der Waals surface area contributed by atoms with E-state index >= 15 is 0 Å². The number of hydrogen-bond acceptors (Lipinski definition) is 2. The second-order valence-electron chi connectivity index (χ2n) is 6.99. The van der Waals surface area contributed by atoms with Crippen molar-refractivity contribution in [2.45, 2.75) is 27.3 Å². The Hall–Kier alpha value is -3.20. The maximum absolute atomic E-state index is 4.74. The predicted molar refractivity (Wildman–Crippen MR) is 113 cm³/mol. The van der Waals surface area contributed by atoms with E-state index in [1.165, 1.54) is 16.8 Å². The lowest BCUT2D eigenvalue weighted by Gasteiger charge is -2.05. The van der Waals surface area contributed by atoms with Crippen molar-refractivity contribution in [1.29, 1.82) is 0 Å². The quantitative estimate of drug-likeness (QED) is 0.480. The van der Waals surface area contributed by atoms with Gasteiger partial charge in [0.05, 0.1) is 23.4 Å². The summed E-state index contributed by atoms with van der Waals surface area (Å²) < 4.78 is 2.08. The van der Waals surface area contributed by atoms with Crippen molar-refractivity contribution in [3.63, 3.8) is 0 Å². The van der Waals surface area contributed by atoms with Crippen LogP contribution in [-0.2, 0) is 6.54 Å². The average Bonchev–Trinajstić information content (AvgIpc) is 2.94. The summed E-state index contributed by atoms with van der Waals surface area (Å²) in [6, 6.07) is 21.0. The molecule has 0 radical (unpaired) electrons. The Morgan fingerprint density at radius 3 is 2.44 bits per heavy atom. The molecule has 3 nitrogen and oxygen atoms in total. The fourth-order valence-electron chi connectivity index (χ4n) is 3.32. The number of para-hydroxylation sites is 1. The van der Waals surface area contributed by atoms with Gasteiger partial charge in [-0.3, -0.25) is 4.68 Å². The second kappa shape index (κ2) is 7.20. The van der Waals surface area contributed by atoms with E-state index < -0.39 is 0 Å². The van der Waals surface area contributed by atoms with E-state index in [-0.39, 0.29) is 0 Å². The van der Waals surface area contributed by atoms with Crippen LogP contribution in [0.15, 0.2) is 60.7 Å². The van der Waals surface area contributed by atoms with Gasteiger partial charge in [0.2, 0.25) is 0 Å². The first-order chi connectivity index (χ1) is 13.1. The molecule has 0 aliphatic rings. The molecule has 0 N–H and O–H groups in total. The summed E-state index contributed by atoms with van der Waals surface area (Å²) in [6.45, 7) is 7.08. The minimum Gasteiger partial charge on any atom is -0.265 e. The van der Waals surface area contributed by atoms with Crippen LogP contribution in [0.2, 0.25) is 0 Å². The molecular formula is C24H23N3. The summed E-state index contributed by atoms with van der Waals surface area (Å²) in [4.78, 5) is 4.72. The normalized spacial score (nSPS) is 11.5. The van der Waals surface area contributed by atoms with Crippen LogP contribution >= 0.6 is 0 Å². The summed E-state index contributed by atoms with van der Waals surface area (Å²) in [6.07, 6.45) is 4.19. The first kappa shape index (κ1) is 17.2. The van der Waals surface area contributed by atoms with Crippen molar-refractivity contribution in [2.24, 2.45) is 0 Å². The van der Waals surface area contributed by atoms with Crippen LogP contribution in [0.25, 0.3) is 23.1 Å². The molecule has 0 spiro atoms. The van der Waals surface area contributed by atoms with Crippen LogP contribution < -0.4 is 0 Å². The van der Waals surface area contributed by atoms with Crippen LogP contribution in [0.4, 0.5) is 0 Å². The zero-order valence-corrected chi connectivity index (χ0v) is 16.0. The van der Waals surface area contributed by atoms with E-state index in [2.05, 4.69) is 80.1 Å². The van der Waals surface area contributed by atoms with Crippen molar-refractivity contribution in [3.8, 4) is 0 Å². The van der Waals surface area contributed by atoms with Gasteiger partial charge in [0.1, 0.15) is 0 Å². The summed E-state index contributed by atoms with van der Waals surface area (Å²) in [5, 5.41) is 5.90. The highest BCUT2D eigenvalue weighted by Crippen LogP contribution is 2.19. The molecule has 27 heavy (non-hydrogen) atoms. The number of aryl methyl sites for hydroxylation is 2. The fourth-order valence-corrected chi connectivity index (χ4v) is 3.32. The predicted octanol–water partition coefficient (Wildman–Crippen LogP) is 5.58. The van der Waals surface area contributed by atoms with E-state index in [0.29, 0.717) is 0 Å². The Labute approximate surface area is 160 Å². The van der Waals surface area contributed by atoms with E-state index in [1.807, 2.05) is 18.2 Å². The van der Waals surface area contributed by atoms with E-state index in [4.69, 9.17) is 10.1 Å². The molecule has 2 aromatic carbocycles. The molecule has 0 atom stereocenters. The molecule has 0 saturated heterocycles. The smallest absolute Gasteiger partial charge is 0.0709 e. The molecule has 0 saturated carbocycles. The SMILES string of the molecule is Cc1ccc(Cn2nc(C)c(C=Cc3ccc4ccccc4n3)c2C)cc1. The zero-order chi connectivity index (χ0) is 18.8. The highest BCUT2D eigenvalue weighted by atomic mass is 15.3. The van der Waals surface area contributed by atoms with Gasteiger partial charge in [-0.15, -0.1) is 0 Å². The van der Waals surface area contributed by atoms with Gasteiger partial charge in [-0.2, -0.15) is 5.10 Å². The van der Waals surface area contributed by atoms with Gasteiger partial charge in [0, 0.05) is 16.6 Å². The summed E-state index contributed by atoms with van der Waals surface area (Å²) in [7, 11) is 0. The molecule has 0 fully saturated rings. The van der Waals surface area contributed by atoms with Crippen molar-refractivity contribution in [2.75, 3.05) is 0 Å². The molecule has 3 heteroatoms. The molecule has 0 aliphatic heterocycles. The third-order valence-electron chi connectivity index (χ3n) is 4.93. The maximum atomic E-state index is 4.74. The maximum Gasteiger partial charge on any atom is 0.0709 e. The Balaban J connectivity index is 1.60. The zero-order valence-electron chi connectivity index (χ0n) is 16.0. The number of pyridine rings is 1. The van der Waals surface area contributed by atoms with E-state index in [0.717, 1.165) is 34.4 Å². The van der Waals surface area contributed by atoms with Crippen molar-refractivity contribution in [1.82, 2.24) is 14.8 Å². The van der Waals surface area contributed by atoms with Gasteiger partial charge in [0.15, 0.2) is 0 Å². The molecule has 0 amide bonds. The highest BCUT2D eigenvalue weighted by molar-refractivity contribution is 5.81. The third-order valence-corrected chi connectivity index (χ3v) is 4.93. The fraction of sp³-hybridized carbons (Fsp3) is 0.167. The van der Waals surface area contributed by atoms with E-state index in [1.54, 1.807) is 0 Å². The average molecular weight is 353 g/mol. The van der Waals surface area contributed by atoms with Gasteiger partial charge in [-0.05, 0) is 50.6 Å². The minimum absolute atomic E-state index is 0.787. The number of rotatable bonds is 4. The Bertz CT molecular complexity index is 1120. The Kier molecular flexibility index (Phi) is 4.59. The second-order valence-corrected chi connectivity index (χ2v) is 6.99. The van der Waals surface area contributed by atoms with Crippen LogP contribution in [-0.4, -0.2) is 14.8 Å². The Morgan fingerprint density at radius 1 is 0.852 bits per heavy atom. The first-order valence-electron chi connectivity index (χ1n) is 9.23. The van der Waals surface area contributed by atoms with Crippen LogP contribution in [0.5, 0.6) is 0 Å². The van der Waals surface area contributed by atoms with Crippen molar-refractivity contribution >= 4 is 23.1 Å². The lowest BCUT2D eigenvalue weighted by molar-refractivity contribution is 0.659. The summed E-state index contributed by atoms with van der Waals surface area (Å²) in [5.41, 5.74) is 7.89. The largest absolute Gasteiger partial charge is 0.265 e. The molecule has 0 aliphatic carbocycles. The van der Waals surface area contributed by atoms with Gasteiger partial charge in [-0.25, -0.2) is 4.98 Å². The van der Waals surface area contributed by atoms with Gasteiger partial charge >= 0.3 is 0 Å². The number of hydrogen-bond donors (Lipinski definition) is 0. The van der Waals surface area contributed by atoms with Crippen LogP contribution in [0.3, 0.4) is 0 Å². The minimum atomic E-state index is 0.787. The lowest BCUT2D eigenvalue weighted by Crippen LogP contribution is -2.04. The summed E-state index contributed by atoms with van der Waals surface area (Å²) in [5.74, 6) is 0. The Morgan fingerprint density at radius 2 is 1.63 bits per heavy atom. The highest BCUT2D eigenvalue weighted by Gasteiger charge is 2.09. The lowest BCUT2D eigenvalue weighted by atomic mass is 10.1. The number of aromatic nitrogens is 3. The molecular weight excluding hydrogens is 330 g/mol. The summed E-state index contributed by atoms with van der Waals surface area (Å²) >= 11 is 0. The molecule has 0 bridgehead atoms. The molecule has 0 unspecified atom stereocenters. The van der Waals surface area contributed by atoms with Crippen LogP contribution in [0.1, 0.15) is 33.8 Å². The number of nitrogens with zero attached hydrogens (tertiary/aromatic N) is 3. The van der Waals surface area contributed by atoms with Gasteiger partial charge in [0.25, 0.3) is 0 Å². The van der Waals surface area contributed by atoms with Crippen molar-refractivity contribution in [3.05, 3.63) is 94.4 Å². The van der Waals surface area contributed by atoms with Crippen LogP contribution in [0, 0.1) is 20.8 Å². The van der Waals surface area contributed by atoms with Crippen molar-refractivity contribution < 1.29 is 0 Å². The monoisotopic (exact) mass is 353 g/mol. The third kappa shape index (κ3) is 3.68. The molecule has 2 aromatic heterocycles. The molecule has 4 rings (SSSR count). The first-order valence-corrected chi connectivity index (χ1v) is 9.23. The molecule has 4 aromatic rings. The molecule has 134 valence electrons. The van der Waals surface area contributed by atoms with Gasteiger partial charge < -0.3 is 0 Å². The van der Waals surface area contributed by atoms with Gasteiger partial charge in [-0.1, -0.05) is 54.1 Å². The molecule has 2 heterocycles. The number of fused-ring (bicyclic) bond motifs is 1. The number of benzene rings is 2. The topological polar surface area (TPSA) is 30.7 Å². The standard InChI is InChI=1S/C24H23N3/c1-17-8-10-20(11-9-17)16-27-19(3)23(18(2)26-27)15-14-22-13-12-21-6-4-5-7-24(21)25-22/h4-15H,16H2,1-3H3.